The first kappa shape index (κ1) is 10.8. The molecular weight excluding hydrogens is 212 g/mol. The molecule has 0 atom stereocenters. The predicted octanol–water partition coefficient (Wildman–Crippen LogP) is 1.91. The quantitative estimate of drug-likeness (QED) is 0.801. The van der Waals surface area contributed by atoms with Gasteiger partial charge in [0, 0.05) is 12.1 Å². The van der Waals surface area contributed by atoms with E-state index in [1.807, 2.05) is 4.68 Å². The fourth-order valence-electron chi connectivity index (χ4n) is 3.05. The van der Waals surface area contributed by atoms with Crippen LogP contribution in [-0.4, -0.2) is 16.3 Å². The van der Waals surface area contributed by atoms with Gasteiger partial charge in [0.15, 0.2) is 0 Å². The van der Waals surface area contributed by atoms with Crippen molar-refractivity contribution in [1.29, 1.82) is 5.26 Å². The van der Waals surface area contributed by atoms with E-state index in [1.165, 1.54) is 37.7 Å². The topological polar surface area (TPSA) is 53.6 Å². The molecule has 1 saturated carbocycles. The van der Waals surface area contributed by atoms with Crippen LogP contribution in [-0.2, 0) is 13.0 Å². The molecule has 4 nitrogen and oxygen atoms in total. The van der Waals surface area contributed by atoms with Gasteiger partial charge in [-0.25, -0.2) is 0 Å². The summed E-state index contributed by atoms with van der Waals surface area (Å²) in [6, 6.07) is 2.84. The maximum Gasteiger partial charge on any atom is 0.142 e. The van der Waals surface area contributed by atoms with Crippen molar-refractivity contribution in [1.82, 2.24) is 15.1 Å². The molecule has 2 aliphatic rings. The normalized spacial score (nSPS) is 20.9. The number of nitrogens with zero attached hydrogens (tertiary/aromatic N) is 3. The van der Waals surface area contributed by atoms with E-state index < -0.39 is 0 Å². The van der Waals surface area contributed by atoms with Crippen LogP contribution in [0.5, 0.6) is 0 Å². The van der Waals surface area contributed by atoms with Gasteiger partial charge in [-0.05, 0) is 25.8 Å². The van der Waals surface area contributed by atoms with Gasteiger partial charge in [-0.15, -0.1) is 0 Å². The standard InChI is InChI=1S/C13H18N4/c14-8-13-11-6-7-15-9-12(11)16-17(13)10-4-2-1-3-5-10/h10,15H,1-7,9H2. The molecule has 1 aliphatic heterocycles. The Labute approximate surface area is 102 Å². The molecule has 90 valence electrons. The molecule has 0 amide bonds. The lowest BCUT2D eigenvalue weighted by Crippen LogP contribution is -2.23. The first-order valence-corrected chi connectivity index (χ1v) is 6.61. The van der Waals surface area contributed by atoms with Gasteiger partial charge in [0.05, 0.1) is 11.7 Å². The van der Waals surface area contributed by atoms with Gasteiger partial charge in [0.25, 0.3) is 0 Å². The van der Waals surface area contributed by atoms with E-state index in [1.54, 1.807) is 0 Å². The van der Waals surface area contributed by atoms with Gasteiger partial charge in [-0.3, -0.25) is 4.68 Å². The van der Waals surface area contributed by atoms with E-state index in [2.05, 4.69) is 16.5 Å². The molecule has 0 aromatic carbocycles. The Kier molecular flexibility index (Phi) is 2.86. The molecule has 0 bridgehead atoms. The zero-order valence-electron chi connectivity index (χ0n) is 10.1. The van der Waals surface area contributed by atoms with Crippen molar-refractivity contribution in [2.24, 2.45) is 0 Å². The molecule has 1 aromatic heterocycles. The molecule has 0 saturated heterocycles. The van der Waals surface area contributed by atoms with Crippen LogP contribution in [0, 0.1) is 11.3 Å². The molecule has 1 fully saturated rings. The van der Waals surface area contributed by atoms with Gasteiger partial charge in [0.2, 0.25) is 0 Å². The zero-order valence-corrected chi connectivity index (χ0v) is 10.1. The van der Waals surface area contributed by atoms with Gasteiger partial charge in [-0.1, -0.05) is 19.3 Å². The summed E-state index contributed by atoms with van der Waals surface area (Å²) in [4.78, 5) is 0. The van der Waals surface area contributed by atoms with E-state index in [4.69, 9.17) is 0 Å². The Morgan fingerprint density at radius 1 is 1.29 bits per heavy atom. The molecule has 2 heterocycles. The molecule has 0 unspecified atom stereocenters. The summed E-state index contributed by atoms with van der Waals surface area (Å²) in [6.07, 6.45) is 7.20. The van der Waals surface area contributed by atoms with E-state index in [0.717, 1.165) is 30.9 Å². The number of hydrogen-bond acceptors (Lipinski definition) is 3. The van der Waals surface area contributed by atoms with Gasteiger partial charge in [-0.2, -0.15) is 10.4 Å². The lowest BCUT2D eigenvalue weighted by molar-refractivity contribution is 0.326. The maximum atomic E-state index is 9.36. The van der Waals surface area contributed by atoms with Crippen molar-refractivity contribution >= 4 is 0 Å². The number of rotatable bonds is 1. The maximum absolute atomic E-state index is 9.36. The van der Waals surface area contributed by atoms with Gasteiger partial charge >= 0.3 is 0 Å². The van der Waals surface area contributed by atoms with E-state index in [9.17, 15) is 5.26 Å². The second-order valence-corrected chi connectivity index (χ2v) is 5.05. The third-order valence-electron chi connectivity index (χ3n) is 3.96. The first-order chi connectivity index (χ1) is 8.40. The summed E-state index contributed by atoms with van der Waals surface area (Å²) in [7, 11) is 0. The summed E-state index contributed by atoms with van der Waals surface area (Å²) < 4.78 is 2.02. The van der Waals surface area contributed by atoms with Crippen molar-refractivity contribution in [3.8, 4) is 6.07 Å². The number of nitriles is 1. The van der Waals surface area contributed by atoms with Crippen molar-refractivity contribution in [3.63, 3.8) is 0 Å². The third-order valence-corrected chi connectivity index (χ3v) is 3.96. The number of hydrogen-bond donors (Lipinski definition) is 1. The molecule has 1 aliphatic carbocycles. The molecule has 0 radical (unpaired) electrons. The van der Waals surface area contributed by atoms with Crippen LogP contribution in [0.2, 0.25) is 0 Å². The Morgan fingerprint density at radius 2 is 2.12 bits per heavy atom. The van der Waals surface area contributed by atoms with Crippen LogP contribution in [0.25, 0.3) is 0 Å². The predicted molar refractivity (Wildman–Crippen MR) is 64.5 cm³/mol. The van der Waals surface area contributed by atoms with E-state index >= 15 is 0 Å². The Hall–Kier alpha value is -1.34. The Bertz CT molecular complexity index is 449. The van der Waals surface area contributed by atoms with Crippen LogP contribution >= 0.6 is 0 Å². The summed E-state index contributed by atoms with van der Waals surface area (Å²) in [5.74, 6) is 0. The lowest BCUT2D eigenvalue weighted by atomic mass is 9.95. The molecule has 0 spiro atoms. The average Bonchev–Trinajstić information content (AvgIpc) is 2.78. The van der Waals surface area contributed by atoms with Crippen LogP contribution in [0.4, 0.5) is 0 Å². The fourth-order valence-corrected chi connectivity index (χ4v) is 3.05. The smallest absolute Gasteiger partial charge is 0.142 e. The molecule has 1 aromatic rings. The van der Waals surface area contributed by atoms with Gasteiger partial charge in [0.1, 0.15) is 11.8 Å². The Morgan fingerprint density at radius 3 is 2.88 bits per heavy atom. The lowest BCUT2D eigenvalue weighted by Gasteiger charge is -2.22. The minimum Gasteiger partial charge on any atom is -0.311 e. The van der Waals surface area contributed by atoms with Crippen LogP contribution < -0.4 is 5.32 Å². The summed E-state index contributed by atoms with van der Waals surface area (Å²) in [5.41, 5.74) is 3.11. The van der Waals surface area contributed by atoms with E-state index in [0.29, 0.717) is 6.04 Å². The third kappa shape index (κ3) is 1.85. The Balaban J connectivity index is 1.98. The van der Waals surface area contributed by atoms with Crippen molar-refractivity contribution in [2.45, 2.75) is 51.1 Å². The highest BCUT2D eigenvalue weighted by Crippen LogP contribution is 2.30. The second-order valence-electron chi connectivity index (χ2n) is 5.05. The van der Waals surface area contributed by atoms with Crippen LogP contribution in [0.1, 0.15) is 55.1 Å². The highest BCUT2D eigenvalue weighted by atomic mass is 15.3. The highest BCUT2D eigenvalue weighted by Gasteiger charge is 2.25. The number of aromatic nitrogens is 2. The van der Waals surface area contributed by atoms with Crippen molar-refractivity contribution < 1.29 is 0 Å². The first-order valence-electron chi connectivity index (χ1n) is 6.61. The minimum absolute atomic E-state index is 0.462. The SMILES string of the molecule is N#Cc1c2c(nn1C1CCCCC1)CNCC2. The second kappa shape index (κ2) is 4.50. The molecule has 1 N–H and O–H groups in total. The van der Waals surface area contributed by atoms with Crippen LogP contribution in [0.15, 0.2) is 0 Å². The molecular formula is C13H18N4. The molecule has 4 heteroatoms. The zero-order chi connectivity index (χ0) is 11.7. The molecule has 3 rings (SSSR count). The monoisotopic (exact) mass is 230 g/mol. The molecule has 17 heavy (non-hydrogen) atoms. The number of nitrogens with one attached hydrogen (secondary N) is 1. The number of fused-ring (bicyclic) bond motifs is 1. The average molecular weight is 230 g/mol. The van der Waals surface area contributed by atoms with Crippen molar-refractivity contribution in [2.75, 3.05) is 6.54 Å². The summed E-state index contributed by atoms with van der Waals surface area (Å²) >= 11 is 0. The highest BCUT2D eigenvalue weighted by molar-refractivity contribution is 5.37. The minimum atomic E-state index is 0.462. The summed E-state index contributed by atoms with van der Waals surface area (Å²) in [6.45, 7) is 1.79. The van der Waals surface area contributed by atoms with E-state index in [-0.39, 0.29) is 0 Å². The summed E-state index contributed by atoms with van der Waals surface area (Å²) in [5, 5.41) is 17.4. The van der Waals surface area contributed by atoms with Crippen LogP contribution in [0.3, 0.4) is 0 Å². The fraction of sp³-hybridized carbons (Fsp3) is 0.692. The van der Waals surface area contributed by atoms with Crippen molar-refractivity contribution in [3.05, 3.63) is 17.0 Å². The van der Waals surface area contributed by atoms with Gasteiger partial charge < -0.3 is 5.32 Å². The largest absolute Gasteiger partial charge is 0.311 e.